The molecule has 6 nitrogen and oxygen atoms in total. The van der Waals surface area contributed by atoms with E-state index in [1.807, 2.05) is 18.2 Å². The fourth-order valence-electron chi connectivity index (χ4n) is 4.07. The lowest BCUT2D eigenvalue weighted by atomic mass is 9.69. The van der Waals surface area contributed by atoms with E-state index in [1.54, 1.807) is 26.4 Å². The average Bonchev–Trinajstić information content (AvgIpc) is 2.80. The van der Waals surface area contributed by atoms with Crippen LogP contribution in [-0.4, -0.2) is 51.5 Å². The molecule has 0 aliphatic carbocycles. The first-order valence-corrected chi connectivity index (χ1v) is 11.0. The van der Waals surface area contributed by atoms with E-state index in [0.29, 0.717) is 5.75 Å². The van der Waals surface area contributed by atoms with Gasteiger partial charge in [0.15, 0.2) is 23.0 Å². The molecule has 0 spiro atoms. The Balaban J connectivity index is 2.00. The highest BCUT2D eigenvalue weighted by atomic mass is 16.5. The lowest BCUT2D eigenvalue weighted by Crippen LogP contribution is -2.32. The smallest absolute Gasteiger partial charge is 0.160 e. The van der Waals surface area contributed by atoms with Crippen molar-refractivity contribution in [2.24, 2.45) is 5.92 Å². The number of hydrogen-bond acceptors (Lipinski definition) is 6. The van der Waals surface area contributed by atoms with Crippen LogP contribution >= 0.6 is 0 Å². The number of ether oxygens (including phenoxy) is 3. The molecule has 0 bridgehead atoms. The Hall–Kier alpha value is -2.91. The number of nitrogens with zero attached hydrogens (tertiary/aromatic N) is 2. The highest BCUT2D eigenvalue weighted by Gasteiger charge is 2.36. The van der Waals surface area contributed by atoms with Crippen molar-refractivity contribution in [3.05, 3.63) is 47.5 Å². The zero-order valence-corrected chi connectivity index (χ0v) is 20.1. The van der Waals surface area contributed by atoms with Crippen LogP contribution in [0.15, 0.2) is 36.4 Å². The molecule has 0 heterocycles. The first-order chi connectivity index (χ1) is 15.3. The van der Waals surface area contributed by atoms with E-state index in [0.717, 1.165) is 49.4 Å². The van der Waals surface area contributed by atoms with Crippen LogP contribution in [0.4, 0.5) is 0 Å². The van der Waals surface area contributed by atoms with Crippen molar-refractivity contribution in [2.75, 3.05) is 41.5 Å². The van der Waals surface area contributed by atoms with E-state index in [2.05, 4.69) is 37.9 Å². The van der Waals surface area contributed by atoms with Crippen LogP contribution in [0.5, 0.6) is 23.0 Å². The standard InChI is InChI=1S/C26H36N2O4/c1-19(2)26(18-27,21-9-10-22(29)24(17-21)31-5)13-7-14-28(3)15-12-20-8-11-23(30-4)25(16-20)32-6/h8-11,16-17,19,29H,7,12-15H2,1-6H3/t26-/m1/s1. The molecule has 0 aliphatic rings. The summed E-state index contributed by atoms with van der Waals surface area (Å²) in [6.07, 6.45) is 2.52. The number of methoxy groups -OCH3 is 3. The van der Waals surface area contributed by atoms with Crippen LogP contribution in [0.2, 0.25) is 0 Å². The van der Waals surface area contributed by atoms with Gasteiger partial charge in [-0.1, -0.05) is 26.0 Å². The molecule has 0 unspecified atom stereocenters. The Labute approximate surface area is 192 Å². The average molecular weight is 441 g/mol. The minimum atomic E-state index is -0.634. The molecule has 0 saturated carbocycles. The summed E-state index contributed by atoms with van der Waals surface area (Å²) in [6.45, 7) is 5.94. The summed E-state index contributed by atoms with van der Waals surface area (Å²) in [5.41, 5.74) is 1.45. The van der Waals surface area contributed by atoms with E-state index in [9.17, 15) is 10.4 Å². The number of hydrogen-bond donors (Lipinski definition) is 1. The summed E-state index contributed by atoms with van der Waals surface area (Å²) in [6, 6.07) is 13.8. The Morgan fingerprint density at radius 2 is 1.66 bits per heavy atom. The first-order valence-electron chi connectivity index (χ1n) is 11.0. The maximum Gasteiger partial charge on any atom is 0.160 e. The topological polar surface area (TPSA) is 75.0 Å². The van der Waals surface area contributed by atoms with Crippen molar-refractivity contribution in [1.82, 2.24) is 4.90 Å². The van der Waals surface area contributed by atoms with Crippen molar-refractivity contribution in [3.63, 3.8) is 0 Å². The number of phenols is 1. The minimum Gasteiger partial charge on any atom is -0.504 e. The van der Waals surface area contributed by atoms with Gasteiger partial charge >= 0.3 is 0 Å². The predicted molar refractivity (Wildman–Crippen MR) is 127 cm³/mol. The molecular weight excluding hydrogens is 404 g/mol. The SMILES string of the molecule is COc1cc([C@@](C#N)(CCCN(C)CCc2ccc(OC)c(OC)c2)C(C)C)ccc1O. The van der Waals surface area contributed by atoms with Crippen LogP contribution in [0.25, 0.3) is 0 Å². The lowest BCUT2D eigenvalue weighted by Gasteiger charge is -2.32. The summed E-state index contributed by atoms with van der Waals surface area (Å²) < 4.78 is 16.0. The van der Waals surface area contributed by atoms with Crippen LogP contribution in [0.3, 0.4) is 0 Å². The number of phenolic OH excluding ortho intramolecular Hbond substituents is 1. The third-order valence-electron chi connectivity index (χ3n) is 6.22. The maximum atomic E-state index is 10.2. The Morgan fingerprint density at radius 1 is 0.969 bits per heavy atom. The molecule has 174 valence electrons. The Kier molecular flexibility index (Phi) is 9.22. The molecule has 2 aromatic carbocycles. The van der Waals surface area contributed by atoms with Gasteiger partial charge in [0, 0.05) is 6.54 Å². The van der Waals surface area contributed by atoms with Gasteiger partial charge in [-0.3, -0.25) is 0 Å². The minimum absolute atomic E-state index is 0.0849. The van der Waals surface area contributed by atoms with E-state index in [-0.39, 0.29) is 11.7 Å². The first kappa shape index (κ1) is 25.4. The number of rotatable bonds is 12. The number of likely N-dealkylation sites (N-methyl/N-ethyl adjacent to an activating group) is 1. The van der Waals surface area contributed by atoms with Crippen molar-refractivity contribution in [3.8, 4) is 29.1 Å². The second-order valence-corrected chi connectivity index (χ2v) is 8.47. The largest absolute Gasteiger partial charge is 0.504 e. The van der Waals surface area contributed by atoms with Gasteiger partial charge in [0.1, 0.15) is 0 Å². The fourth-order valence-corrected chi connectivity index (χ4v) is 4.07. The van der Waals surface area contributed by atoms with Crippen molar-refractivity contribution in [1.29, 1.82) is 5.26 Å². The van der Waals surface area contributed by atoms with E-state index in [1.165, 1.54) is 12.7 Å². The molecule has 1 atom stereocenters. The van der Waals surface area contributed by atoms with E-state index in [4.69, 9.17) is 14.2 Å². The fraction of sp³-hybridized carbons (Fsp3) is 0.500. The van der Waals surface area contributed by atoms with Gasteiger partial charge in [-0.15, -0.1) is 0 Å². The second-order valence-electron chi connectivity index (χ2n) is 8.47. The van der Waals surface area contributed by atoms with Gasteiger partial charge in [-0.25, -0.2) is 0 Å². The van der Waals surface area contributed by atoms with Crippen LogP contribution < -0.4 is 14.2 Å². The number of aromatic hydroxyl groups is 1. The molecule has 2 rings (SSSR count). The number of benzene rings is 2. The highest BCUT2D eigenvalue weighted by molar-refractivity contribution is 5.46. The summed E-state index contributed by atoms with van der Waals surface area (Å²) in [5, 5.41) is 20.1. The summed E-state index contributed by atoms with van der Waals surface area (Å²) in [4.78, 5) is 2.29. The normalized spacial score (nSPS) is 13.0. The Bertz CT molecular complexity index is 923. The van der Waals surface area contributed by atoms with Gasteiger partial charge in [0.05, 0.1) is 32.8 Å². The maximum absolute atomic E-state index is 10.2. The molecule has 6 heteroatoms. The molecule has 0 amide bonds. The molecule has 32 heavy (non-hydrogen) atoms. The molecule has 0 aliphatic heterocycles. The van der Waals surface area contributed by atoms with Crippen LogP contribution in [0, 0.1) is 17.2 Å². The lowest BCUT2D eigenvalue weighted by molar-refractivity contribution is 0.292. The quantitative estimate of drug-likeness (QED) is 0.511. The molecule has 0 saturated heterocycles. The zero-order valence-electron chi connectivity index (χ0n) is 20.1. The van der Waals surface area contributed by atoms with Crippen molar-refractivity contribution < 1.29 is 19.3 Å². The molecule has 0 fully saturated rings. The summed E-state index contributed by atoms with van der Waals surface area (Å²) >= 11 is 0. The van der Waals surface area contributed by atoms with Gasteiger partial charge in [-0.05, 0) is 74.2 Å². The van der Waals surface area contributed by atoms with E-state index < -0.39 is 5.41 Å². The van der Waals surface area contributed by atoms with Crippen LogP contribution in [-0.2, 0) is 11.8 Å². The Morgan fingerprint density at radius 3 is 2.25 bits per heavy atom. The third kappa shape index (κ3) is 5.86. The van der Waals surface area contributed by atoms with Gasteiger partial charge in [-0.2, -0.15) is 5.26 Å². The highest BCUT2D eigenvalue weighted by Crippen LogP contribution is 2.40. The molecular formula is C26H36N2O4. The summed E-state index contributed by atoms with van der Waals surface area (Å²) in [5.74, 6) is 2.08. The van der Waals surface area contributed by atoms with Crippen LogP contribution in [0.1, 0.15) is 37.8 Å². The van der Waals surface area contributed by atoms with Crippen molar-refractivity contribution >= 4 is 0 Å². The summed E-state index contributed by atoms with van der Waals surface area (Å²) in [7, 11) is 6.91. The number of nitriles is 1. The van der Waals surface area contributed by atoms with Gasteiger partial charge in [0.2, 0.25) is 0 Å². The third-order valence-corrected chi connectivity index (χ3v) is 6.22. The second kappa shape index (κ2) is 11.6. The van der Waals surface area contributed by atoms with Gasteiger partial charge < -0.3 is 24.2 Å². The zero-order chi connectivity index (χ0) is 23.7. The molecule has 2 aromatic rings. The van der Waals surface area contributed by atoms with Crippen molar-refractivity contribution in [2.45, 2.75) is 38.5 Å². The monoisotopic (exact) mass is 440 g/mol. The molecule has 0 aromatic heterocycles. The predicted octanol–water partition coefficient (Wildman–Crippen LogP) is 4.79. The molecule has 1 N–H and O–H groups in total. The molecule has 0 radical (unpaired) electrons. The van der Waals surface area contributed by atoms with Gasteiger partial charge in [0.25, 0.3) is 0 Å². The van der Waals surface area contributed by atoms with E-state index >= 15 is 0 Å².